The fourth-order valence-corrected chi connectivity index (χ4v) is 4.81. The minimum atomic E-state index is -0.285. The van der Waals surface area contributed by atoms with Crippen molar-refractivity contribution in [3.05, 3.63) is 23.2 Å². The molecule has 40 heteroatoms. The molecule has 3 fully saturated rings. The number of methoxy groups -OCH3 is 2. The summed E-state index contributed by atoms with van der Waals surface area (Å²) in [6.07, 6.45) is 7.04. The maximum absolute atomic E-state index is 10.5. The van der Waals surface area contributed by atoms with Crippen LogP contribution in [0.25, 0.3) is 0 Å². The van der Waals surface area contributed by atoms with Gasteiger partial charge in [0.05, 0.1) is 6.54 Å². The first kappa shape index (κ1) is 110. The summed E-state index contributed by atoms with van der Waals surface area (Å²) in [5.74, 6) is 0.743. The summed E-state index contributed by atoms with van der Waals surface area (Å²) in [5.41, 5.74) is 15.4. The number of amides is 15. The molecule has 2 aromatic heterocycles. The second-order valence-corrected chi connectivity index (χ2v) is 19.5. The zero-order valence-corrected chi connectivity index (χ0v) is 62.6. The van der Waals surface area contributed by atoms with Crippen LogP contribution in [-0.2, 0) is 71.7 Å². The van der Waals surface area contributed by atoms with Gasteiger partial charge in [0.15, 0.2) is 5.13 Å². The number of thiazole rings is 1. The van der Waals surface area contributed by atoms with Crippen LogP contribution in [0.15, 0.2) is 11.6 Å². The number of anilines is 1. The number of ether oxygens (including phenoxy) is 3. The maximum Gasteiger partial charge on any atom is 0.409 e. The minimum absolute atomic E-state index is 0.0195. The van der Waals surface area contributed by atoms with E-state index in [1.807, 2.05) is 51.0 Å². The molecule has 572 valence electrons. The van der Waals surface area contributed by atoms with Gasteiger partial charge in [-0.1, -0.05) is 6.92 Å². The predicted octanol–water partition coefficient (Wildman–Crippen LogP) is -1.32. The van der Waals surface area contributed by atoms with E-state index in [1.165, 1.54) is 59.8 Å². The minimum Gasteiger partial charge on any atom is -0.448 e. The van der Waals surface area contributed by atoms with E-state index in [9.17, 15) is 62.3 Å². The van der Waals surface area contributed by atoms with E-state index in [1.54, 1.807) is 101 Å². The second kappa shape index (κ2) is 85.8. The summed E-state index contributed by atoms with van der Waals surface area (Å²) in [4.78, 5) is 154. The fourth-order valence-electron chi connectivity index (χ4n) is 4.23. The van der Waals surface area contributed by atoms with Gasteiger partial charge >= 0.3 is 12.1 Å². The number of likely N-dealkylation sites (tertiary alicyclic amines) is 1. The van der Waals surface area contributed by atoms with Crippen LogP contribution in [-0.4, -0.2) is 282 Å². The van der Waals surface area contributed by atoms with Gasteiger partial charge in [-0.05, 0) is 53.9 Å². The molecule has 0 saturated carbocycles. The van der Waals surface area contributed by atoms with Crippen LogP contribution in [0.4, 0.5) is 14.7 Å². The Balaban J connectivity index is -0.000000107. The molecule has 3 saturated heterocycles. The molecule has 98 heavy (non-hydrogen) atoms. The molecule has 0 unspecified atom stereocenters. The number of aryl methyl sites for hydroxylation is 2. The van der Waals surface area contributed by atoms with Crippen molar-refractivity contribution in [1.82, 2.24) is 93.2 Å². The first-order chi connectivity index (χ1) is 45.9. The molecular weight excluding hydrogens is 1310 g/mol. The lowest BCUT2D eigenvalue weighted by atomic mass is 10.4. The van der Waals surface area contributed by atoms with Crippen LogP contribution in [0, 0.1) is 13.8 Å². The van der Waals surface area contributed by atoms with E-state index in [0.717, 1.165) is 76.7 Å². The number of hydrogen-bond donors (Lipinski definition) is 14. The number of aliphatic hydroxyl groups excluding tert-OH is 2. The van der Waals surface area contributed by atoms with E-state index in [2.05, 4.69) is 78.2 Å². The fraction of sp³-hybridized carbons (Fsp3) is 0.672. The van der Waals surface area contributed by atoms with Gasteiger partial charge in [0.2, 0.25) is 72.4 Å². The average Bonchev–Trinajstić information content (AvgIpc) is 2.01. The van der Waals surface area contributed by atoms with Crippen LogP contribution in [0.5, 0.6) is 0 Å². The number of hydrazine groups is 3. The molecule has 39 nitrogen and oxygen atoms in total. The SMILES string of the molecule is CC(=O)NCCCO.CC(=O)NN(C)C.CC(=O)NNC(C)=O.CC(=O)NNC=O.CC(=O)Nc1nccs1.CCC(N)=O.CCN(C)C=O.CCO.CCOC.CN1CCCC1=O.CN1CCNC1=O.CN1CCOC1=O.CNC=O.COCCCNC(C)=O.Cc1n[nH]c(C)n1. The Morgan fingerprint density at radius 3 is 1.40 bits per heavy atom. The van der Waals surface area contributed by atoms with Gasteiger partial charge < -0.3 is 76.3 Å². The van der Waals surface area contributed by atoms with Crippen LogP contribution < -0.4 is 59.4 Å². The smallest absolute Gasteiger partial charge is 0.409 e. The zero-order chi connectivity index (χ0) is 78.3. The summed E-state index contributed by atoms with van der Waals surface area (Å²) in [6, 6.07) is 0.0417. The van der Waals surface area contributed by atoms with Crippen molar-refractivity contribution in [3.8, 4) is 0 Å². The van der Waals surface area contributed by atoms with Gasteiger partial charge in [0.25, 0.3) is 0 Å². The number of aromatic amines is 1. The van der Waals surface area contributed by atoms with Crippen molar-refractivity contribution in [2.75, 3.05) is 148 Å². The summed E-state index contributed by atoms with van der Waals surface area (Å²) in [5, 5.41) is 39.0. The van der Waals surface area contributed by atoms with Gasteiger partial charge in [0.1, 0.15) is 18.3 Å². The number of carbonyl (C=O) groups excluding carboxylic acids is 14. The van der Waals surface area contributed by atoms with E-state index in [0.29, 0.717) is 63.0 Å². The third-order valence-corrected chi connectivity index (χ3v) is 9.60. The standard InChI is InChI=1S/C6H13NO2.C5H6N2OS.C5H11NO2.C5H9NO.C4H7N3.C4H8N2O2.C4H8N2O.C4H10N2O.C4H7NO2.C4H9NO.C3H6N2O2.C3H7NO.C3H8O.C2H5NO.C2H6O/c1-6(8)7-4-3-5-9-2;1-4(8)7-5-6-2-3-9-5;1-5(8)6-3-2-4-7;1-6-4-2-3-5(6)7;1-3-5-4(2)7-6-3;1-3(7)5-6-4(2)8;1-6-3-2-5-4(6)7;1-4(7)5-6(2)3;1-5-2-3-7-4(5)6;1-3-5(2)4-6;1-3(7)5-4-2-6;1-2-3(4)5;1-3-4-2;1-3-2-4;1-2-3/h3-5H2,1-2H3,(H,7,8);2-3H,1H3,(H,6,7,8);7H,2-4H2,1H3,(H,6,8);2-4H2,1H3;1-2H3,(H,5,6,7);1-2H3,(H,5,7)(H,6,8);2-3H2,1H3,(H,5,7);1-3H3,(H,5,7);2-3H2,1H3;4H,3H2,1-2H3;2H,1H3,(H,4,6)(H,5,7);2H2,1H3,(H2,4,5);3H2,1-2H3;2H,1H3,(H,3,4);3H,2H2,1H3. The molecular formula is C58H120N20O19S. The molecule has 0 atom stereocenters. The van der Waals surface area contributed by atoms with Crippen molar-refractivity contribution < 1.29 is 91.5 Å². The molecule has 15 amide bonds. The Morgan fingerprint density at radius 1 is 0.735 bits per heavy atom. The molecule has 5 heterocycles. The zero-order valence-electron chi connectivity index (χ0n) is 61.8. The molecule has 0 radical (unpaired) electrons. The number of H-pyrrole nitrogens is 1. The number of nitrogens with one attached hydrogen (secondary N) is 11. The topological polar surface area (TPSA) is 524 Å². The maximum atomic E-state index is 10.5. The van der Waals surface area contributed by atoms with Crippen molar-refractivity contribution in [1.29, 1.82) is 0 Å². The van der Waals surface area contributed by atoms with Crippen molar-refractivity contribution in [2.45, 2.75) is 122 Å². The number of aromatic nitrogens is 4. The number of nitrogens with zero attached hydrogens (tertiary/aromatic N) is 8. The number of urea groups is 1. The van der Waals surface area contributed by atoms with E-state index in [-0.39, 0.29) is 72.6 Å². The molecule has 0 aliphatic carbocycles. The number of primary amides is 1. The number of nitrogens with two attached hydrogens (primary N) is 1. The highest BCUT2D eigenvalue weighted by Gasteiger charge is 2.16. The van der Waals surface area contributed by atoms with Crippen LogP contribution >= 0.6 is 11.3 Å². The highest BCUT2D eigenvalue weighted by Crippen LogP contribution is 2.09. The summed E-state index contributed by atoms with van der Waals surface area (Å²) in [6.45, 7) is 28.7. The molecule has 15 N–H and O–H groups in total. The Labute approximate surface area is 582 Å². The number of cyclic esters (lactones) is 1. The number of rotatable bonds is 16. The van der Waals surface area contributed by atoms with Crippen molar-refractivity contribution >= 4 is 101 Å². The molecule has 0 bridgehead atoms. The molecule has 3 aliphatic rings. The van der Waals surface area contributed by atoms with E-state index in [4.69, 9.17) is 19.7 Å². The third kappa shape index (κ3) is 121. The lowest BCUT2D eigenvalue weighted by Gasteiger charge is -2.07. The number of carbonyl (C=O) groups is 14. The Hall–Kier alpha value is -9.25. The van der Waals surface area contributed by atoms with Crippen LogP contribution in [0.1, 0.15) is 120 Å². The molecule has 3 aliphatic heterocycles. The quantitative estimate of drug-likeness (QED) is 0.0527. The molecule has 0 spiro atoms. The Bertz CT molecular complexity index is 2220. The van der Waals surface area contributed by atoms with E-state index < -0.39 is 0 Å². The molecule has 0 aromatic carbocycles. The molecule has 5 rings (SSSR count). The first-order valence-corrected chi connectivity index (χ1v) is 31.1. The predicted molar refractivity (Wildman–Crippen MR) is 372 cm³/mol. The van der Waals surface area contributed by atoms with Gasteiger partial charge in [-0.2, -0.15) is 5.10 Å². The average molecular weight is 1430 g/mol. The second-order valence-electron chi connectivity index (χ2n) is 18.7. The van der Waals surface area contributed by atoms with Crippen molar-refractivity contribution in [3.63, 3.8) is 0 Å². The first-order valence-electron chi connectivity index (χ1n) is 30.2. The Morgan fingerprint density at radius 2 is 1.23 bits per heavy atom. The highest BCUT2D eigenvalue weighted by atomic mass is 32.1. The Kier molecular flexibility index (Phi) is 96.4. The van der Waals surface area contributed by atoms with Crippen molar-refractivity contribution in [2.24, 2.45) is 5.73 Å². The van der Waals surface area contributed by atoms with Gasteiger partial charge in [-0.3, -0.25) is 89.8 Å². The monoisotopic (exact) mass is 1430 g/mol. The van der Waals surface area contributed by atoms with Gasteiger partial charge in [-0.15, -0.1) is 11.3 Å². The van der Waals surface area contributed by atoms with Crippen LogP contribution in [0.2, 0.25) is 0 Å². The van der Waals surface area contributed by atoms with Gasteiger partial charge in [-0.25, -0.2) is 24.6 Å². The lowest BCUT2D eigenvalue weighted by molar-refractivity contribution is -0.126. The van der Waals surface area contributed by atoms with E-state index >= 15 is 0 Å². The number of aliphatic hydroxyl groups is 2. The normalized spacial score (nSPS) is 10.8. The highest BCUT2D eigenvalue weighted by molar-refractivity contribution is 7.13. The largest absolute Gasteiger partial charge is 0.448 e. The number of hydrogen-bond acceptors (Lipinski definition) is 24. The third-order valence-electron chi connectivity index (χ3n) is 8.91. The summed E-state index contributed by atoms with van der Waals surface area (Å²) in [7, 11) is 15.5. The van der Waals surface area contributed by atoms with Crippen LogP contribution in [0.3, 0.4) is 0 Å². The molecule has 2 aromatic rings. The number of likely N-dealkylation sites (N-methyl/N-ethyl adjacent to an activating group) is 2. The van der Waals surface area contributed by atoms with Gasteiger partial charge in [0, 0.05) is 202 Å². The summed E-state index contributed by atoms with van der Waals surface area (Å²) >= 11 is 1.41. The summed E-state index contributed by atoms with van der Waals surface area (Å²) < 4.78 is 13.9. The lowest BCUT2D eigenvalue weighted by Crippen LogP contribution is -2.38.